The number of nitrogens with one attached hydrogen (secondary N) is 2. The maximum Gasteiger partial charge on any atom is 0.325 e. The summed E-state index contributed by atoms with van der Waals surface area (Å²) in [6.07, 6.45) is 4.69. The van der Waals surface area contributed by atoms with E-state index >= 15 is 0 Å². The van der Waals surface area contributed by atoms with E-state index in [0.717, 1.165) is 24.2 Å². The van der Waals surface area contributed by atoms with Gasteiger partial charge in [-0.05, 0) is 42.9 Å². The first-order valence-electron chi connectivity index (χ1n) is 9.99. The largest absolute Gasteiger partial charge is 0.497 e. The molecule has 7 heteroatoms. The molecule has 1 heterocycles. The smallest absolute Gasteiger partial charge is 0.325 e. The Balaban J connectivity index is 1.73. The molecule has 152 valence electrons. The molecule has 1 aromatic carbocycles. The zero-order valence-electron chi connectivity index (χ0n) is 16.8. The lowest BCUT2D eigenvalue weighted by Crippen LogP contribution is -2.48. The second-order valence-electron chi connectivity index (χ2n) is 7.74. The van der Waals surface area contributed by atoms with E-state index in [0.29, 0.717) is 23.7 Å². The standard InChI is InChI=1S/C21H29N3O4/c1-4-21(15-9-11-16(28-3)12-10-15)19(26)24(20(27)23-21)13-18(25)22-17-8-6-5-7-14(17)2/h9-12,14,17H,4-8,13H2,1-3H3,(H,22,25)(H,23,27)/t14-,17-,21-/m1/s1. The monoisotopic (exact) mass is 387 g/mol. The molecule has 2 N–H and O–H groups in total. The number of nitrogens with zero attached hydrogens (tertiary/aromatic N) is 1. The molecule has 4 amide bonds. The van der Waals surface area contributed by atoms with E-state index < -0.39 is 17.5 Å². The van der Waals surface area contributed by atoms with E-state index in [1.807, 2.05) is 6.92 Å². The van der Waals surface area contributed by atoms with E-state index in [2.05, 4.69) is 17.6 Å². The normalized spacial score (nSPS) is 27.5. The van der Waals surface area contributed by atoms with Crippen LogP contribution in [-0.2, 0) is 15.1 Å². The lowest BCUT2D eigenvalue weighted by atomic mass is 9.86. The molecule has 3 atom stereocenters. The van der Waals surface area contributed by atoms with E-state index in [4.69, 9.17) is 4.74 Å². The van der Waals surface area contributed by atoms with Crippen LogP contribution in [0.5, 0.6) is 5.75 Å². The third-order valence-electron chi connectivity index (χ3n) is 6.05. The van der Waals surface area contributed by atoms with Crippen molar-refractivity contribution < 1.29 is 19.1 Å². The molecular formula is C21H29N3O4. The number of ether oxygens (including phenoxy) is 1. The number of imide groups is 1. The summed E-state index contributed by atoms with van der Waals surface area (Å²) in [4.78, 5) is 39.2. The predicted molar refractivity (Wildman–Crippen MR) is 105 cm³/mol. The van der Waals surface area contributed by atoms with Crippen LogP contribution in [0.1, 0.15) is 51.5 Å². The van der Waals surface area contributed by atoms with Crippen molar-refractivity contribution in [2.45, 2.75) is 57.5 Å². The van der Waals surface area contributed by atoms with Gasteiger partial charge >= 0.3 is 6.03 Å². The summed E-state index contributed by atoms with van der Waals surface area (Å²) in [6, 6.07) is 6.63. The van der Waals surface area contributed by atoms with E-state index in [1.54, 1.807) is 31.4 Å². The van der Waals surface area contributed by atoms with Gasteiger partial charge in [0.05, 0.1) is 7.11 Å². The minimum absolute atomic E-state index is 0.111. The van der Waals surface area contributed by atoms with Gasteiger partial charge in [-0.1, -0.05) is 38.8 Å². The van der Waals surface area contributed by atoms with Crippen LogP contribution in [0.3, 0.4) is 0 Å². The van der Waals surface area contributed by atoms with Crippen molar-refractivity contribution in [2.24, 2.45) is 5.92 Å². The molecule has 2 aliphatic rings. The number of methoxy groups -OCH3 is 1. The zero-order valence-corrected chi connectivity index (χ0v) is 16.8. The van der Waals surface area contributed by atoms with Crippen LogP contribution in [0.4, 0.5) is 4.79 Å². The Morgan fingerprint density at radius 3 is 2.54 bits per heavy atom. The highest BCUT2D eigenvalue weighted by Crippen LogP contribution is 2.33. The average molecular weight is 387 g/mol. The average Bonchev–Trinajstić information content (AvgIpc) is 2.95. The van der Waals surface area contributed by atoms with Crippen LogP contribution in [0.15, 0.2) is 24.3 Å². The van der Waals surface area contributed by atoms with Gasteiger partial charge in [0.1, 0.15) is 17.8 Å². The number of urea groups is 1. The van der Waals surface area contributed by atoms with Gasteiger partial charge in [-0.15, -0.1) is 0 Å². The predicted octanol–water partition coefficient (Wildman–Crippen LogP) is 2.55. The molecule has 0 bridgehead atoms. The number of hydrogen-bond acceptors (Lipinski definition) is 4. The Morgan fingerprint density at radius 2 is 1.93 bits per heavy atom. The van der Waals surface area contributed by atoms with Gasteiger partial charge in [0.15, 0.2) is 0 Å². The molecule has 1 saturated carbocycles. The summed E-state index contributed by atoms with van der Waals surface area (Å²) in [6.45, 7) is 3.71. The molecule has 1 aromatic rings. The van der Waals surface area contributed by atoms with Gasteiger partial charge in [0.2, 0.25) is 5.91 Å². The second-order valence-corrected chi connectivity index (χ2v) is 7.74. The van der Waals surface area contributed by atoms with Gasteiger partial charge < -0.3 is 15.4 Å². The molecule has 28 heavy (non-hydrogen) atoms. The summed E-state index contributed by atoms with van der Waals surface area (Å²) in [5, 5.41) is 5.81. The summed E-state index contributed by atoms with van der Waals surface area (Å²) in [7, 11) is 1.57. The molecule has 1 aliphatic carbocycles. The van der Waals surface area contributed by atoms with Crippen molar-refractivity contribution in [3.05, 3.63) is 29.8 Å². The first-order valence-corrected chi connectivity index (χ1v) is 9.99. The van der Waals surface area contributed by atoms with E-state index in [1.165, 1.54) is 6.42 Å². The van der Waals surface area contributed by atoms with Crippen molar-refractivity contribution >= 4 is 17.8 Å². The van der Waals surface area contributed by atoms with Crippen LogP contribution >= 0.6 is 0 Å². The fraction of sp³-hybridized carbons (Fsp3) is 0.571. The van der Waals surface area contributed by atoms with Crippen molar-refractivity contribution in [1.29, 1.82) is 0 Å². The first-order chi connectivity index (χ1) is 13.4. The molecule has 0 aromatic heterocycles. The third-order valence-corrected chi connectivity index (χ3v) is 6.05. The summed E-state index contributed by atoms with van der Waals surface area (Å²) in [5.41, 5.74) is -0.472. The number of carbonyl (C=O) groups is 3. The molecule has 1 aliphatic heterocycles. The van der Waals surface area contributed by atoms with Gasteiger partial charge in [0, 0.05) is 6.04 Å². The maximum atomic E-state index is 13.1. The third kappa shape index (κ3) is 3.70. The number of benzene rings is 1. The second kappa shape index (κ2) is 8.20. The Bertz CT molecular complexity index is 749. The number of hydrogen-bond donors (Lipinski definition) is 2. The number of amides is 4. The van der Waals surface area contributed by atoms with Crippen molar-refractivity contribution in [3.63, 3.8) is 0 Å². The SMILES string of the molecule is CC[C@]1(c2ccc(OC)cc2)NC(=O)N(CC(=O)N[C@@H]2CCCC[C@H]2C)C1=O. The molecule has 3 rings (SSSR count). The van der Waals surface area contributed by atoms with Crippen LogP contribution in [0.2, 0.25) is 0 Å². The molecule has 0 unspecified atom stereocenters. The fourth-order valence-electron chi connectivity index (χ4n) is 4.21. The Morgan fingerprint density at radius 1 is 1.25 bits per heavy atom. The molecule has 7 nitrogen and oxygen atoms in total. The van der Waals surface area contributed by atoms with Gasteiger partial charge in [-0.3, -0.25) is 14.5 Å². The van der Waals surface area contributed by atoms with Crippen molar-refractivity contribution in [3.8, 4) is 5.75 Å². The Hall–Kier alpha value is -2.57. The maximum absolute atomic E-state index is 13.1. The number of rotatable bonds is 6. The van der Waals surface area contributed by atoms with Gasteiger partial charge in [-0.2, -0.15) is 0 Å². The van der Waals surface area contributed by atoms with Crippen LogP contribution in [-0.4, -0.2) is 42.4 Å². The minimum Gasteiger partial charge on any atom is -0.497 e. The minimum atomic E-state index is -1.15. The van der Waals surface area contributed by atoms with E-state index in [-0.39, 0.29) is 18.5 Å². The number of carbonyl (C=O) groups excluding carboxylic acids is 3. The molecule has 1 saturated heterocycles. The Labute approximate surface area is 165 Å². The lowest BCUT2D eigenvalue weighted by molar-refractivity contribution is -0.135. The van der Waals surface area contributed by atoms with E-state index in [9.17, 15) is 14.4 Å². The summed E-state index contributed by atoms with van der Waals surface area (Å²) in [5.74, 6) is 0.403. The van der Waals surface area contributed by atoms with Crippen LogP contribution < -0.4 is 15.4 Å². The van der Waals surface area contributed by atoms with Gasteiger partial charge in [-0.25, -0.2) is 4.79 Å². The Kier molecular flexibility index (Phi) is 5.91. The van der Waals surface area contributed by atoms with Crippen molar-refractivity contribution in [2.75, 3.05) is 13.7 Å². The summed E-state index contributed by atoms with van der Waals surface area (Å²) < 4.78 is 5.17. The lowest BCUT2D eigenvalue weighted by Gasteiger charge is -2.30. The highest BCUT2D eigenvalue weighted by atomic mass is 16.5. The first kappa shape index (κ1) is 20.2. The molecule has 0 spiro atoms. The molecule has 0 radical (unpaired) electrons. The van der Waals surface area contributed by atoms with Gasteiger partial charge in [0.25, 0.3) is 5.91 Å². The van der Waals surface area contributed by atoms with Crippen LogP contribution in [0.25, 0.3) is 0 Å². The topological polar surface area (TPSA) is 87.7 Å². The van der Waals surface area contributed by atoms with Crippen LogP contribution in [0, 0.1) is 5.92 Å². The van der Waals surface area contributed by atoms with Crippen molar-refractivity contribution in [1.82, 2.24) is 15.5 Å². The highest BCUT2D eigenvalue weighted by Gasteiger charge is 2.51. The summed E-state index contributed by atoms with van der Waals surface area (Å²) >= 11 is 0. The molecular weight excluding hydrogens is 358 g/mol. The quantitative estimate of drug-likeness (QED) is 0.735. The molecule has 2 fully saturated rings. The fourth-order valence-corrected chi connectivity index (χ4v) is 4.21. The zero-order chi connectivity index (χ0) is 20.3. The highest BCUT2D eigenvalue weighted by molar-refractivity contribution is 6.09.